The van der Waals surface area contributed by atoms with Gasteiger partial charge in [-0.1, -0.05) is 18.5 Å². The van der Waals surface area contributed by atoms with Crippen LogP contribution in [0.15, 0.2) is 18.2 Å². The Labute approximate surface area is 111 Å². The van der Waals surface area contributed by atoms with Crippen LogP contribution in [-0.4, -0.2) is 29.1 Å². The summed E-state index contributed by atoms with van der Waals surface area (Å²) in [6, 6.07) is 4.90. The first kappa shape index (κ1) is 14.2. The molecule has 1 aromatic rings. The minimum Gasteiger partial charge on any atom is -0.478 e. The van der Waals surface area contributed by atoms with Crippen LogP contribution < -0.4 is 5.32 Å². The number of aromatic carboxylic acids is 1. The maximum atomic E-state index is 10.8. The Morgan fingerprint density at radius 2 is 2.29 bits per heavy atom. The van der Waals surface area contributed by atoms with E-state index in [1.165, 1.54) is 6.07 Å². The number of anilines is 1. The van der Waals surface area contributed by atoms with Crippen LogP contribution >= 0.6 is 23.4 Å². The van der Waals surface area contributed by atoms with Crippen LogP contribution in [-0.2, 0) is 0 Å². The number of carbonyl (C=O) groups is 1. The van der Waals surface area contributed by atoms with Crippen LogP contribution in [0.1, 0.15) is 23.7 Å². The van der Waals surface area contributed by atoms with Crippen molar-refractivity contribution in [2.75, 3.05) is 18.1 Å². The summed E-state index contributed by atoms with van der Waals surface area (Å²) in [5.41, 5.74) is 0.989. The highest BCUT2D eigenvalue weighted by molar-refractivity contribution is 7.99. The summed E-state index contributed by atoms with van der Waals surface area (Å²) in [7, 11) is 0. The van der Waals surface area contributed by atoms with Gasteiger partial charge in [0.1, 0.15) is 0 Å². The molecule has 0 radical (unpaired) electrons. The first-order valence-corrected chi connectivity index (χ1v) is 7.00. The van der Waals surface area contributed by atoms with E-state index in [4.69, 9.17) is 16.7 Å². The molecular weight excluding hydrogens is 258 g/mol. The zero-order valence-corrected chi connectivity index (χ0v) is 11.4. The van der Waals surface area contributed by atoms with E-state index in [-0.39, 0.29) is 10.6 Å². The lowest BCUT2D eigenvalue weighted by Crippen LogP contribution is -2.08. The summed E-state index contributed by atoms with van der Waals surface area (Å²) in [6.07, 6.45) is 3.14. The Morgan fingerprint density at radius 3 is 2.82 bits per heavy atom. The van der Waals surface area contributed by atoms with Crippen LogP contribution in [0.25, 0.3) is 0 Å². The average Bonchev–Trinajstić information content (AvgIpc) is 2.28. The fourth-order valence-electron chi connectivity index (χ4n) is 1.34. The van der Waals surface area contributed by atoms with Gasteiger partial charge in [0, 0.05) is 17.5 Å². The molecule has 1 rings (SSSR count). The molecule has 0 fully saturated rings. The van der Waals surface area contributed by atoms with E-state index >= 15 is 0 Å². The van der Waals surface area contributed by atoms with E-state index in [0.717, 1.165) is 18.7 Å². The lowest BCUT2D eigenvalue weighted by atomic mass is 10.2. The van der Waals surface area contributed by atoms with Gasteiger partial charge < -0.3 is 10.4 Å². The molecule has 0 aliphatic heterocycles. The molecular formula is C12H16ClNO2S. The van der Waals surface area contributed by atoms with Crippen LogP contribution in [0.2, 0.25) is 5.02 Å². The quantitative estimate of drug-likeness (QED) is 0.832. The van der Waals surface area contributed by atoms with E-state index in [1.807, 2.05) is 11.8 Å². The SMILES string of the molecule is CSC(C)CCNc1ccc(C(=O)O)c(Cl)c1. The number of halogens is 1. The molecule has 5 heteroatoms. The Morgan fingerprint density at radius 1 is 1.59 bits per heavy atom. The van der Waals surface area contributed by atoms with Crippen LogP contribution in [0.5, 0.6) is 0 Å². The molecule has 2 N–H and O–H groups in total. The molecule has 1 atom stereocenters. The van der Waals surface area contributed by atoms with Crippen molar-refractivity contribution in [1.82, 2.24) is 0 Å². The van der Waals surface area contributed by atoms with Crippen molar-refractivity contribution in [3.05, 3.63) is 28.8 Å². The highest BCUT2D eigenvalue weighted by atomic mass is 35.5. The topological polar surface area (TPSA) is 49.3 Å². The van der Waals surface area contributed by atoms with Crippen LogP contribution in [0.3, 0.4) is 0 Å². The van der Waals surface area contributed by atoms with Crippen molar-refractivity contribution in [3.8, 4) is 0 Å². The lowest BCUT2D eigenvalue weighted by molar-refractivity contribution is 0.0697. The fraction of sp³-hybridized carbons (Fsp3) is 0.417. The first-order valence-electron chi connectivity index (χ1n) is 5.34. The Kier molecular flexibility index (Phi) is 5.65. The molecule has 0 bridgehead atoms. The van der Waals surface area contributed by atoms with Crippen molar-refractivity contribution in [1.29, 1.82) is 0 Å². The van der Waals surface area contributed by atoms with Crippen LogP contribution in [0.4, 0.5) is 5.69 Å². The standard InChI is InChI=1S/C12H16ClNO2S/c1-8(17-2)5-6-14-9-3-4-10(12(15)16)11(13)7-9/h3-4,7-8,14H,5-6H2,1-2H3,(H,15,16). The number of carboxylic acids is 1. The van der Waals surface area contributed by atoms with Crippen molar-refractivity contribution < 1.29 is 9.90 Å². The largest absolute Gasteiger partial charge is 0.478 e. The molecule has 0 spiro atoms. The minimum absolute atomic E-state index is 0.134. The number of benzene rings is 1. The number of thioether (sulfide) groups is 1. The molecule has 94 valence electrons. The van der Waals surface area contributed by atoms with E-state index in [0.29, 0.717) is 5.25 Å². The van der Waals surface area contributed by atoms with Crippen molar-refractivity contribution in [2.24, 2.45) is 0 Å². The summed E-state index contributed by atoms with van der Waals surface area (Å²) in [5, 5.41) is 12.9. The Balaban J connectivity index is 2.56. The van der Waals surface area contributed by atoms with Gasteiger partial charge in [-0.05, 0) is 30.9 Å². The van der Waals surface area contributed by atoms with Crippen molar-refractivity contribution in [2.45, 2.75) is 18.6 Å². The molecule has 0 saturated heterocycles. The zero-order valence-electron chi connectivity index (χ0n) is 9.87. The molecule has 0 aromatic heterocycles. The van der Waals surface area contributed by atoms with Crippen LogP contribution in [0, 0.1) is 0 Å². The van der Waals surface area contributed by atoms with E-state index in [2.05, 4.69) is 18.5 Å². The maximum Gasteiger partial charge on any atom is 0.337 e. The van der Waals surface area contributed by atoms with E-state index in [1.54, 1.807) is 12.1 Å². The molecule has 0 amide bonds. The van der Waals surface area contributed by atoms with Gasteiger partial charge in [0.15, 0.2) is 0 Å². The van der Waals surface area contributed by atoms with Gasteiger partial charge in [-0.2, -0.15) is 11.8 Å². The van der Waals surface area contributed by atoms with Gasteiger partial charge >= 0.3 is 5.97 Å². The van der Waals surface area contributed by atoms with Gasteiger partial charge in [0.05, 0.1) is 10.6 Å². The van der Waals surface area contributed by atoms with Gasteiger partial charge in [-0.3, -0.25) is 0 Å². The number of carboxylic acid groups (broad SMARTS) is 1. The van der Waals surface area contributed by atoms with Gasteiger partial charge in [0.25, 0.3) is 0 Å². The second kappa shape index (κ2) is 6.77. The van der Waals surface area contributed by atoms with Gasteiger partial charge in [-0.25, -0.2) is 4.79 Å². The molecule has 0 aliphatic carbocycles. The highest BCUT2D eigenvalue weighted by Gasteiger charge is 2.08. The highest BCUT2D eigenvalue weighted by Crippen LogP contribution is 2.21. The smallest absolute Gasteiger partial charge is 0.337 e. The molecule has 17 heavy (non-hydrogen) atoms. The third-order valence-electron chi connectivity index (χ3n) is 2.48. The summed E-state index contributed by atoms with van der Waals surface area (Å²) in [4.78, 5) is 10.8. The predicted molar refractivity (Wildman–Crippen MR) is 74.5 cm³/mol. The molecule has 0 aliphatic rings. The molecule has 1 aromatic carbocycles. The zero-order chi connectivity index (χ0) is 12.8. The third-order valence-corrected chi connectivity index (χ3v) is 3.83. The van der Waals surface area contributed by atoms with Crippen molar-refractivity contribution >= 4 is 35.0 Å². The molecule has 1 unspecified atom stereocenters. The average molecular weight is 274 g/mol. The number of hydrogen-bond donors (Lipinski definition) is 2. The Bertz CT molecular complexity index is 398. The first-order chi connectivity index (χ1) is 8.04. The number of hydrogen-bond acceptors (Lipinski definition) is 3. The second-order valence-electron chi connectivity index (χ2n) is 3.76. The summed E-state index contributed by atoms with van der Waals surface area (Å²) >= 11 is 7.69. The molecule has 3 nitrogen and oxygen atoms in total. The minimum atomic E-state index is -1.00. The van der Waals surface area contributed by atoms with E-state index in [9.17, 15) is 4.79 Å². The normalized spacial score (nSPS) is 12.2. The molecule has 0 saturated carbocycles. The summed E-state index contributed by atoms with van der Waals surface area (Å²) < 4.78 is 0. The van der Waals surface area contributed by atoms with Gasteiger partial charge in [0.2, 0.25) is 0 Å². The summed E-state index contributed by atoms with van der Waals surface area (Å²) in [5.74, 6) is -1.00. The van der Waals surface area contributed by atoms with Crippen molar-refractivity contribution in [3.63, 3.8) is 0 Å². The monoisotopic (exact) mass is 273 g/mol. The summed E-state index contributed by atoms with van der Waals surface area (Å²) in [6.45, 7) is 3.03. The maximum absolute atomic E-state index is 10.8. The second-order valence-corrected chi connectivity index (χ2v) is 5.44. The lowest BCUT2D eigenvalue weighted by Gasteiger charge is -2.10. The van der Waals surface area contributed by atoms with Gasteiger partial charge in [-0.15, -0.1) is 0 Å². The van der Waals surface area contributed by atoms with E-state index < -0.39 is 5.97 Å². The number of nitrogens with one attached hydrogen (secondary N) is 1. The predicted octanol–water partition coefficient (Wildman–Crippen LogP) is 3.59. The fourth-order valence-corrected chi connectivity index (χ4v) is 1.95. The molecule has 0 heterocycles. The third kappa shape index (κ3) is 4.48. The Hall–Kier alpha value is -0.870. The number of rotatable bonds is 6.